The van der Waals surface area contributed by atoms with Crippen LogP contribution in [0.25, 0.3) is 0 Å². The van der Waals surface area contributed by atoms with Crippen molar-refractivity contribution in [1.82, 2.24) is 14.8 Å². The zero-order valence-corrected chi connectivity index (χ0v) is 16.8. The molecule has 1 aliphatic carbocycles. The molecule has 3 atom stereocenters. The summed E-state index contributed by atoms with van der Waals surface area (Å²) in [7, 11) is 3.21. The van der Waals surface area contributed by atoms with Crippen LogP contribution in [0.1, 0.15) is 28.8 Å². The average Bonchev–Trinajstić information content (AvgIpc) is 3.43. The number of allylic oxidation sites excluding steroid dienone is 2. The van der Waals surface area contributed by atoms with Crippen molar-refractivity contribution in [3.8, 4) is 11.5 Å². The van der Waals surface area contributed by atoms with Gasteiger partial charge in [0.15, 0.2) is 11.5 Å². The van der Waals surface area contributed by atoms with E-state index in [9.17, 15) is 4.79 Å². The topological polar surface area (TPSA) is 78.3 Å². The summed E-state index contributed by atoms with van der Waals surface area (Å²) < 4.78 is 12.6. The van der Waals surface area contributed by atoms with Gasteiger partial charge in [0.2, 0.25) is 5.95 Å². The molecule has 29 heavy (non-hydrogen) atoms. The Morgan fingerprint density at radius 2 is 2.07 bits per heavy atom. The van der Waals surface area contributed by atoms with Gasteiger partial charge >= 0.3 is 0 Å². The van der Waals surface area contributed by atoms with Crippen LogP contribution in [0.2, 0.25) is 0 Å². The average molecular weight is 408 g/mol. The van der Waals surface area contributed by atoms with Gasteiger partial charge in [-0.3, -0.25) is 4.79 Å². The van der Waals surface area contributed by atoms with E-state index in [-0.39, 0.29) is 23.7 Å². The molecule has 0 radical (unpaired) electrons. The second-order valence-corrected chi connectivity index (χ2v) is 8.08. The van der Waals surface area contributed by atoms with Crippen LogP contribution in [0.15, 0.2) is 53.8 Å². The first-order chi connectivity index (χ1) is 14.2. The van der Waals surface area contributed by atoms with Crippen molar-refractivity contribution in [2.75, 3.05) is 19.5 Å². The summed E-state index contributed by atoms with van der Waals surface area (Å²) in [5, 5.41) is 9.77. The minimum Gasteiger partial charge on any atom is -0.493 e. The third-order valence-corrected chi connectivity index (χ3v) is 6.55. The summed E-state index contributed by atoms with van der Waals surface area (Å²) in [5.74, 6) is 1.82. The number of carbonyl (C=O) groups excluding carboxylic acids is 1. The molecule has 0 unspecified atom stereocenters. The molecule has 7 nitrogen and oxygen atoms in total. The highest BCUT2D eigenvalue weighted by Crippen LogP contribution is 2.45. The maximum atomic E-state index is 13.3. The minimum atomic E-state index is -0.349. The number of carbonyl (C=O) groups is 1. The molecule has 0 fully saturated rings. The third-order valence-electron chi connectivity index (χ3n) is 5.55. The van der Waals surface area contributed by atoms with Crippen molar-refractivity contribution in [3.05, 3.63) is 64.3 Å². The summed E-state index contributed by atoms with van der Waals surface area (Å²) in [5.41, 5.74) is 1.81. The predicted octanol–water partition coefficient (Wildman–Crippen LogP) is 3.63. The number of ether oxygens (including phenoxy) is 2. The van der Waals surface area contributed by atoms with Crippen LogP contribution in [0.4, 0.5) is 5.95 Å². The first-order valence-corrected chi connectivity index (χ1v) is 10.2. The molecular formula is C21H20N4O3S. The van der Waals surface area contributed by atoms with Gasteiger partial charge in [0.05, 0.1) is 26.2 Å². The Labute approximate surface area is 172 Å². The molecule has 1 aromatic carbocycles. The lowest BCUT2D eigenvalue weighted by molar-refractivity contribution is -0.123. The van der Waals surface area contributed by atoms with E-state index in [4.69, 9.17) is 9.47 Å². The van der Waals surface area contributed by atoms with Gasteiger partial charge in [-0.25, -0.2) is 4.68 Å². The normalized spacial score (nSPS) is 22.9. The standard InChI is InChI=1S/C21H20N4O3S/c1-27-16-6-5-12(10-17(16)28-2)20-19-14(24-21-22-11-23-25(20)21)8-13(9-15(19)26)18-4-3-7-29-18/h3-8,10-11,13,19-20H,9H2,1-2H3,(H,22,23,24)/t13-,19-,20-/m1/s1. The molecule has 2 aliphatic rings. The van der Waals surface area contributed by atoms with Crippen molar-refractivity contribution in [2.24, 2.45) is 5.92 Å². The number of anilines is 1. The predicted molar refractivity (Wildman–Crippen MR) is 110 cm³/mol. The van der Waals surface area contributed by atoms with Crippen molar-refractivity contribution in [1.29, 1.82) is 0 Å². The van der Waals surface area contributed by atoms with Gasteiger partial charge < -0.3 is 14.8 Å². The largest absolute Gasteiger partial charge is 0.493 e. The van der Waals surface area contributed by atoms with Crippen LogP contribution >= 0.6 is 11.3 Å². The van der Waals surface area contributed by atoms with Gasteiger partial charge in [0, 0.05) is 22.9 Å². The van der Waals surface area contributed by atoms with Crippen LogP contribution in [0.5, 0.6) is 11.5 Å². The number of methoxy groups -OCH3 is 2. The number of rotatable bonds is 4. The van der Waals surface area contributed by atoms with Crippen molar-refractivity contribution < 1.29 is 14.3 Å². The van der Waals surface area contributed by atoms with E-state index in [0.29, 0.717) is 23.9 Å². The number of hydrogen-bond acceptors (Lipinski definition) is 7. The molecule has 0 spiro atoms. The van der Waals surface area contributed by atoms with Gasteiger partial charge in [0.25, 0.3) is 0 Å². The van der Waals surface area contributed by atoms with E-state index in [0.717, 1.165) is 11.3 Å². The third kappa shape index (κ3) is 2.91. The van der Waals surface area contributed by atoms with Gasteiger partial charge in [-0.05, 0) is 29.1 Å². The zero-order valence-electron chi connectivity index (χ0n) is 16.0. The molecule has 0 bridgehead atoms. The zero-order chi connectivity index (χ0) is 20.0. The van der Waals surface area contributed by atoms with E-state index in [1.165, 1.54) is 11.2 Å². The Morgan fingerprint density at radius 1 is 1.21 bits per heavy atom. The summed E-state index contributed by atoms with van der Waals surface area (Å²) >= 11 is 1.68. The summed E-state index contributed by atoms with van der Waals surface area (Å²) in [6, 6.07) is 9.54. The fraction of sp³-hybridized carbons (Fsp3) is 0.286. The lowest BCUT2D eigenvalue weighted by Crippen LogP contribution is -2.40. The molecule has 1 N–H and O–H groups in total. The van der Waals surface area contributed by atoms with Crippen LogP contribution in [0.3, 0.4) is 0 Å². The lowest BCUT2D eigenvalue weighted by atomic mass is 9.77. The van der Waals surface area contributed by atoms with Gasteiger partial charge in [-0.2, -0.15) is 10.1 Å². The van der Waals surface area contributed by atoms with Gasteiger partial charge in [0.1, 0.15) is 12.1 Å². The molecule has 0 saturated carbocycles. The lowest BCUT2D eigenvalue weighted by Gasteiger charge is -2.37. The molecule has 2 aromatic heterocycles. The fourth-order valence-electron chi connectivity index (χ4n) is 4.23. The van der Waals surface area contributed by atoms with Crippen LogP contribution in [-0.4, -0.2) is 34.8 Å². The number of nitrogens with one attached hydrogen (secondary N) is 1. The number of thiophene rings is 1. The number of fused-ring (bicyclic) bond motifs is 2. The van der Waals surface area contributed by atoms with Gasteiger partial charge in [-0.1, -0.05) is 18.2 Å². The Kier molecular flexibility index (Phi) is 4.35. The molecule has 5 rings (SSSR count). The second kappa shape index (κ2) is 7.04. The Hall–Kier alpha value is -3.13. The highest BCUT2D eigenvalue weighted by molar-refractivity contribution is 7.10. The summed E-state index contributed by atoms with van der Waals surface area (Å²) in [6.07, 6.45) is 4.16. The minimum absolute atomic E-state index is 0.0850. The molecule has 8 heteroatoms. The molecule has 1 aliphatic heterocycles. The van der Waals surface area contributed by atoms with E-state index >= 15 is 0 Å². The Morgan fingerprint density at radius 3 is 2.83 bits per heavy atom. The quantitative estimate of drug-likeness (QED) is 0.710. The van der Waals surface area contributed by atoms with Crippen molar-refractivity contribution in [2.45, 2.75) is 18.4 Å². The highest BCUT2D eigenvalue weighted by atomic mass is 32.1. The number of ketones is 1. The molecule has 148 valence electrons. The highest BCUT2D eigenvalue weighted by Gasteiger charge is 2.43. The number of aromatic nitrogens is 3. The Bertz CT molecular complexity index is 1090. The first-order valence-electron chi connectivity index (χ1n) is 9.36. The maximum absolute atomic E-state index is 13.3. The van der Waals surface area contributed by atoms with E-state index in [1.807, 2.05) is 29.6 Å². The van der Waals surface area contributed by atoms with Crippen molar-refractivity contribution >= 4 is 23.1 Å². The summed E-state index contributed by atoms with van der Waals surface area (Å²) in [4.78, 5) is 18.9. The maximum Gasteiger partial charge on any atom is 0.226 e. The summed E-state index contributed by atoms with van der Waals surface area (Å²) in [6.45, 7) is 0. The van der Waals surface area contributed by atoms with E-state index < -0.39 is 0 Å². The second-order valence-electron chi connectivity index (χ2n) is 7.10. The van der Waals surface area contributed by atoms with Crippen LogP contribution < -0.4 is 14.8 Å². The van der Waals surface area contributed by atoms with E-state index in [1.54, 1.807) is 30.2 Å². The number of nitrogens with zero attached hydrogens (tertiary/aromatic N) is 3. The molecule has 0 amide bonds. The van der Waals surface area contributed by atoms with E-state index in [2.05, 4.69) is 27.5 Å². The van der Waals surface area contributed by atoms with Crippen molar-refractivity contribution in [3.63, 3.8) is 0 Å². The number of hydrogen-bond donors (Lipinski definition) is 1. The molecular weight excluding hydrogens is 388 g/mol. The number of benzene rings is 1. The SMILES string of the molecule is COc1ccc([C@@H]2[C@H]3C(=O)C[C@H](c4cccs4)C=C3Nc3ncnn32)cc1OC. The van der Waals surface area contributed by atoms with Crippen LogP contribution in [-0.2, 0) is 4.79 Å². The number of Topliss-reactive ketones (excluding diaryl/α,β-unsaturated/α-hetero) is 1. The monoisotopic (exact) mass is 408 g/mol. The molecule has 3 heterocycles. The fourth-order valence-corrected chi connectivity index (χ4v) is 5.03. The smallest absolute Gasteiger partial charge is 0.226 e. The molecule has 0 saturated heterocycles. The van der Waals surface area contributed by atoms with Crippen LogP contribution in [0, 0.1) is 5.92 Å². The molecule has 3 aromatic rings. The Balaban J connectivity index is 1.62. The first kappa shape index (κ1) is 17.9. The van der Waals surface area contributed by atoms with Gasteiger partial charge in [-0.15, -0.1) is 11.3 Å².